The van der Waals surface area contributed by atoms with Crippen LogP contribution in [0.3, 0.4) is 0 Å². The molecule has 0 unspecified atom stereocenters. The average Bonchev–Trinajstić information content (AvgIpc) is 2.75. The molecule has 0 bridgehead atoms. The van der Waals surface area contributed by atoms with Crippen molar-refractivity contribution in [1.82, 2.24) is 9.97 Å². The molecule has 1 heterocycles. The van der Waals surface area contributed by atoms with E-state index in [4.69, 9.17) is 0 Å². The van der Waals surface area contributed by atoms with Crippen LogP contribution in [0.25, 0.3) is 0 Å². The highest BCUT2D eigenvalue weighted by molar-refractivity contribution is 5.48. The Morgan fingerprint density at radius 2 is 2.12 bits per heavy atom. The van der Waals surface area contributed by atoms with Gasteiger partial charge in [0.15, 0.2) is 0 Å². The smallest absolute Gasteiger partial charge is 0.132 e. The summed E-state index contributed by atoms with van der Waals surface area (Å²) in [7, 11) is 0. The fourth-order valence-corrected chi connectivity index (χ4v) is 1.96. The molecule has 2 rings (SSSR count). The first-order chi connectivity index (χ1) is 7.62. The molecule has 0 aliphatic heterocycles. The number of anilines is 1. The van der Waals surface area contributed by atoms with Crippen LogP contribution in [0.15, 0.2) is 6.33 Å². The van der Waals surface area contributed by atoms with Crippen molar-refractivity contribution in [3.05, 3.63) is 17.6 Å². The molecule has 1 aromatic rings. The van der Waals surface area contributed by atoms with Gasteiger partial charge in [-0.2, -0.15) is 0 Å². The first-order valence-electron chi connectivity index (χ1n) is 6.19. The van der Waals surface area contributed by atoms with Gasteiger partial charge in [0, 0.05) is 17.8 Å². The van der Waals surface area contributed by atoms with Gasteiger partial charge in [-0.25, -0.2) is 9.97 Å². The van der Waals surface area contributed by atoms with E-state index in [2.05, 4.69) is 36.1 Å². The summed E-state index contributed by atoms with van der Waals surface area (Å²) in [6.07, 6.45) is 6.33. The van der Waals surface area contributed by atoms with Crippen LogP contribution in [0, 0.1) is 5.41 Å². The maximum absolute atomic E-state index is 4.37. The van der Waals surface area contributed by atoms with Crippen molar-refractivity contribution in [2.75, 3.05) is 11.9 Å². The van der Waals surface area contributed by atoms with Crippen LogP contribution in [0.5, 0.6) is 0 Å². The molecule has 0 fully saturated rings. The standard InChI is InChI=1S/C13H21N3/c1-4-13(2,3)8-14-12-10-6-5-7-11(10)15-9-16-12/h9H,4-8H2,1-3H3,(H,14,15,16). The van der Waals surface area contributed by atoms with E-state index in [-0.39, 0.29) is 0 Å². The zero-order chi connectivity index (χ0) is 11.6. The molecule has 1 aromatic heterocycles. The Morgan fingerprint density at radius 1 is 1.31 bits per heavy atom. The third-order valence-electron chi connectivity index (χ3n) is 3.57. The van der Waals surface area contributed by atoms with Crippen LogP contribution in [-0.2, 0) is 12.8 Å². The van der Waals surface area contributed by atoms with Crippen molar-refractivity contribution in [2.24, 2.45) is 5.41 Å². The van der Waals surface area contributed by atoms with Gasteiger partial charge in [-0.05, 0) is 31.1 Å². The minimum absolute atomic E-state index is 0.330. The van der Waals surface area contributed by atoms with Gasteiger partial charge < -0.3 is 5.32 Å². The van der Waals surface area contributed by atoms with Crippen LogP contribution in [0.1, 0.15) is 44.9 Å². The molecule has 1 aliphatic carbocycles. The quantitative estimate of drug-likeness (QED) is 0.846. The summed E-state index contributed by atoms with van der Waals surface area (Å²) in [4.78, 5) is 8.70. The molecule has 0 aromatic carbocycles. The van der Waals surface area contributed by atoms with Crippen LogP contribution in [-0.4, -0.2) is 16.5 Å². The first-order valence-corrected chi connectivity index (χ1v) is 6.19. The molecule has 0 saturated heterocycles. The highest BCUT2D eigenvalue weighted by Crippen LogP contribution is 2.26. The first kappa shape index (κ1) is 11.4. The SMILES string of the molecule is CCC(C)(C)CNc1ncnc2c1CCC2. The summed E-state index contributed by atoms with van der Waals surface area (Å²) in [6.45, 7) is 7.77. The number of fused-ring (bicyclic) bond motifs is 1. The fourth-order valence-electron chi connectivity index (χ4n) is 1.96. The van der Waals surface area contributed by atoms with E-state index >= 15 is 0 Å². The third kappa shape index (κ3) is 2.34. The predicted octanol–water partition coefficient (Wildman–Crippen LogP) is 2.81. The van der Waals surface area contributed by atoms with Gasteiger partial charge in [0.25, 0.3) is 0 Å². The van der Waals surface area contributed by atoms with E-state index in [9.17, 15) is 0 Å². The zero-order valence-electron chi connectivity index (χ0n) is 10.5. The Kier molecular flexibility index (Phi) is 3.13. The molecule has 16 heavy (non-hydrogen) atoms. The average molecular weight is 219 g/mol. The molecule has 88 valence electrons. The monoisotopic (exact) mass is 219 g/mol. The van der Waals surface area contributed by atoms with Gasteiger partial charge in [-0.15, -0.1) is 0 Å². The van der Waals surface area contributed by atoms with E-state index in [0.717, 1.165) is 25.2 Å². The van der Waals surface area contributed by atoms with Crippen molar-refractivity contribution < 1.29 is 0 Å². The van der Waals surface area contributed by atoms with Crippen molar-refractivity contribution in [1.29, 1.82) is 0 Å². The van der Waals surface area contributed by atoms with Gasteiger partial charge in [-0.1, -0.05) is 20.8 Å². The Morgan fingerprint density at radius 3 is 2.88 bits per heavy atom. The molecule has 3 heteroatoms. The molecule has 0 saturated carbocycles. The number of nitrogens with one attached hydrogen (secondary N) is 1. The van der Waals surface area contributed by atoms with Crippen LogP contribution in [0.4, 0.5) is 5.82 Å². The van der Waals surface area contributed by atoms with Crippen molar-refractivity contribution in [2.45, 2.75) is 46.5 Å². The number of aryl methyl sites for hydroxylation is 1. The summed E-state index contributed by atoms with van der Waals surface area (Å²) in [5.41, 5.74) is 2.91. The summed E-state index contributed by atoms with van der Waals surface area (Å²) >= 11 is 0. The van der Waals surface area contributed by atoms with E-state index in [1.165, 1.54) is 24.1 Å². The predicted molar refractivity (Wildman–Crippen MR) is 66.6 cm³/mol. The van der Waals surface area contributed by atoms with Gasteiger partial charge in [0.1, 0.15) is 12.1 Å². The van der Waals surface area contributed by atoms with E-state index in [1.54, 1.807) is 6.33 Å². The lowest BCUT2D eigenvalue weighted by Gasteiger charge is -2.23. The largest absolute Gasteiger partial charge is 0.369 e. The third-order valence-corrected chi connectivity index (χ3v) is 3.57. The second-order valence-corrected chi connectivity index (χ2v) is 5.37. The van der Waals surface area contributed by atoms with E-state index in [0.29, 0.717) is 5.41 Å². The summed E-state index contributed by atoms with van der Waals surface area (Å²) < 4.78 is 0. The number of rotatable bonds is 4. The fraction of sp³-hybridized carbons (Fsp3) is 0.692. The molecule has 0 amide bonds. The van der Waals surface area contributed by atoms with E-state index in [1.807, 2.05) is 0 Å². The number of aromatic nitrogens is 2. The molecule has 0 spiro atoms. The second-order valence-electron chi connectivity index (χ2n) is 5.37. The molecule has 3 nitrogen and oxygen atoms in total. The minimum Gasteiger partial charge on any atom is -0.369 e. The van der Waals surface area contributed by atoms with E-state index < -0.39 is 0 Å². The molecule has 1 N–H and O–H groups in total. The van der Waals surface area contributed by atoms with Crippen LogP contribution >= 0.6 is 0 Å². The second kappa shape index (κ2) is 4.40. The Labute approximate surface area is 97.7 Å². The number of nitrogens with zero attached hydrogens (tertiary/aromatic N) is 2. The Balaban J connectivity index is 2.08. The summed E-state index contributed by atoms with van der Waals surface area (Å²) in [5, 5.41) is 3.49. The lowest BCUT2D eigenvalue weighted by atomic mass is 9.90. The highest BCUT2D eigenvalue weighted by atomic mass is 15.0. The van der Waals surface area contributed by atoms with Gasteiger partial charge in [-0.3, -0.25) is 0 Å². The Hall–Kier alpha value is -1.12. The van der Waals surface area contributed by atoms with Crippen LogP contribution in [0.2, 0.25) is 0 Å². The molecule has 0 atom stereocenters. The van der Waals surface area contributed by atoms with Crippen molar-refractivity contribution in [3.63, 3.8) is 0 Å². The van der Waals surface area contributed by atoms with Crippen molar-refractivity contribution >= 4 is 5.82 Å². The van der Waals surface area contributed by atoms with Gasteiger partial charge in [0.05, 0.1) is 0 Å². The topological polar surface area (TPSA) is 37.8 Å². The van der Waals surface area contributed by atoms with Gasteiger partial charge in [0.2, 0.25) is 0 Å². The molecule has 1 aliphatic rings. The molecular weight excluding hydrogens is 198 g/mol. The lowest BCUT2D eigenvalue weighted by molar-refractivity contribution is 0.376. The maximum Gasteiger partial charge on any atom is 0.132 e. The molecule has 0 radical (unpaired) electrons. The zero-order valence-corrected chi connectivity index (χ0v) is 10.5. The summed E-state index contributed by atoms with van der Waals surface area (Å²) in [6, 6.07) is 0. The van der Waals surface area contributed by atoms with Gasteiger partial charge >= 0.3 is 0 Å². The number of hydrogen-bond acceptors (Lipinski definition) is 3. The Bertz CT molecular complexity index is 371. The normalized spacial score (nSPS) is 14.9. The summed E-state index contributed by atoms with van der Waals surface area (Å²) in [5.74, 6) is 1.06. The highest BCUT2D eigenvalue weighted by Gasteiger charge is 2.19. The minimum atomic E-state index is 0.330. The van der Waals surface area contributed by atoms with Crippen molar-refractivity contribution in [3.8, 4) is 0 Å². The maximum atomic E-state index is 4.37. The van der Waals surface area contributed by atoms with Crippen LogP contribution < -0.4 is 5.32 Å². The molecular formula is C13H21N3. The number of hydrogen-bond donors (Lipinski definition) is 1. The lowest BCUT2D eigenvalue weighted by Crippen LogP contribution is -2.23.